The number of ketones is 1. The van der Waals surface area contributed by atoms with Gasteiger partial charge in [-0.2, -0.15) is 0 Å². The minimum atomic E-state index is -0.904. The monoisotopic (exact) mass is 443 g/mol. The molecule has 4 nitrogen and oxygen atoms in total. The number of aliphatic hydroxyl groups excluding tert-OH is 1. The number of hydrogen-bond acceptors (Lipinski definition) is 3. The van der Waals surface area contributed by atoms with Crippen LogP contribution in [0.1, 0.15) is 109 Å². The van der Waals surface area contributed by atoms with Crippen LogP contribution in [0.4, 0.5) is 0 Å². The number of rotatable bonds is 19. The Bertz CT molecular complexity index is 639. The summed E-state index contributed by atoms with van der Waals surface area (Å²) < 4.78 is 0. The maximum atomic E-state index is 12.5. The zero-order chi connectivity index (χ0) is 23.4. The summed E-state index contributed by atoms with van der Waals surface area (Å²) in [5.74, 6) is -0.456. The van der Waals surface area contributed by atoms with Crippen LogP contribution in [0.15, 0.2) is 36.4 Å². The third-order valence-corrected chi connectivity index (χ3v) is 5.88. The minimum absolute atomic E-state index is 0.0930. The first-order valence-corrected chi connectivity index (χ1v) is 12.8. The average molecular weight is 444 g/mol. The number of carbonyl (C=O) groups is 2. The quantitative estimate of drug-likeness (QED) is 0.187. The molecule has 32 heavy (non-hydrogen) atoms. The van der Waals surface area contributed by atoms with Crippen LogP contribution in [0.2, 0.25) is 0 Å². The van der Waals surface area contributed by atoms with Gasteiger partial charge in [-0.1, -0.05) is 114 Å². The van der Waals surface area contributed by atoms with Gasteiger partial charge in [-0.05, 0) is 25.0 Å². The maximum Gasteiger partial charge on any atom is 0.244 e. The lowest BCUT2D eigenvalue weighted by molar-refractivity contribution is -0.128. The van der Waals surface area contributed by atoms with Crippen LogP contribution >= 0.6 is 0 Å². The SMILES string of the molecule is CCCCCCCCCCCCCCCC(=O)[C@@H](NC(=O)/C=C/c1ccccc1)[C@@H](C)O. The molecule has 0 aliphatic carbocycles. The molecule has 1 amide bonds. The molecule has 0 aliphatic heterocycles. The maximum absolute atomic E-state index is 12.5. The summed E-state index contributed by atoms with van der Waals surface area (Å²) in [6, 6.07) is 8.66. The van der Waals surface area contributed by atoms with E-state index in [1.165, 1.54) is 70.3 Å². The second-order valence-corrected chi connectivity index (χ2v) is 8.93. The normalized spacial score (nSPS) is 13.2. The van der Waals surface area contributed by atoms with Crippen molar-refractivity contribution >= 4 is 17.8 Å². The van der Waals surface area contributed by atoms with Gasteiger partial charge < -0.3 is 10.4 Å². The van der Waals surface area contributed by atoms with Gasteiger partial charge in [-0.25, -0.2) is 0 Å². The second kappa shape index (κ2) is 18.6. The van der Waals surface area contributed by atoms with Crippen molar-refractivity contribution in [3.05, 3.63) is 42.0 Å². The van der Waals surface area contributed by atoms with Crippen molar-refractivity contribution < 1.29 is 14.7 Å². The lowest BCUT2D eigenvalue weighted by atomic mass is 10.00. The first-order chi connectivity index (χ1) is 15.5. The van der Waals surface area contributed by atoms with Gasteiger partial charge in [0, 0.05) is 12.5 Å². The number of hydrogen-bond donors (Lipinski definition) is 2. The van der Waals surface area contributed by atoms with Crippen molar-refractivity contribution in [3.63, 3.8) is 0 Å². The Morgan fingerprint density at radius 2 is 1.34 bits per heavy atom. The van der Waals surface area contributed by atoms with Crippen LogP contribution in [-0.2, 0) is 9.59 Å². The van der Waals surface area contributed by atoms with Crippen molar-refractivity contribution in [2.24, 2.45) is 0 Å². The van der Waals surface area contributed by atoms with E-state index in [9.17, 15) is 14.7 Å². The highest BCUT2D eigenvalue weighted by Gasteiger charge is 2.24. The molecule has 0 radical (unpaired) electrons. The number of amides is 1. The lowest BCUT2D eigenvalue weighted by Gasteiger charge is -2.19. The van der Waals surface area contributed by atoms with Gasteiger partial charge in [0.15, 0.2) is 5.78 Å². The molecule has 0 aliphatic rings. The second-order valence-electron chi connectivity index (χ2n) is 8.93. The Morgan fingerprint density at radius 3 is 1.84 bits per heavy atom. The molecule has 0 fully saturated rings. The fourth-order valence-electron chi connectivity index (χ4n) is 3.88. The predicted octanol–water partition coefficient (Wildman–Crippen LogP) is 6.62. The minimum Gasteiger partial charge on any atom is -0.391 e. The highest BCUT2D eigenvalue weighted by molar-refractivity contribution is 5.96. The average Bonchev–Trinajstić information content (AvgIpc) is 2.79. The Morgan fingerprint density at radius 1 is 0.844 bits per heavy atom. The molecule has 4 heteroatoms. The van der Waals surface area contributed by atoms with Crippen LogP contribution in [0.25, 0.3) is 6.08 Å². The summed E-state index contributed by atoms with van der Waals surface area (Å²) in [7, 11) is 0. The summed E-state index contributed by atoms with van der Waals surface area (Å²) in [6.45, 7) is 3.80. The van der Waals surface area contributed by atoms with Gasteiger partial charge in [-0.3, -0.25) is 9.59 Å². The highest BCUT2D eigenvalue weighted by atomic mass is 16.3. The van der Waals surface area contributed by atoms with Gasteiger partial charge in [0.25, 0.3) is 0 Å². The molecule has 2 N–H and O–H groups in total. The van der Waals surface area contributed by atoms with Crippen LogP contribution in [0, 0.1) is 0 Å². The van der Waals surface area contributed by atoms with E-state index in [1.54, 1.807) is 13.0 Å². The van der Waals surface area contributed by atoms with E-state index < -0.39 is 12.1 Å². The summed E-state index contributed by atoms with van der Waals surface area (Å²) in [6.07, 6.45) is 19.0. The molecule has 2 atom stereocenters. The Balaban J connectivity index is 2.13. The first-order valence-electron chi connectivity index (χ1n) is 12.8. The van der Waals surface area contributed by atoms with Gasteiger partial charge in [-0.15, -0.1) is 0 Å². The fourth-order valence-corrected chi connectivity index (χ4v) is 3.88. The molecular weight excluding hydrogens is 398 g/mol. The van der Waals surface area contributed by atoms with E-state index in [0.717, 1.165) is 24.8 Å². The molecule has 0 heterocycles. The van der Waals surface area contributed by atoms with Gasteiger partial charge in [0.1, 0.15) is 6.04 Å². The van der Waals surface area contributed by atoms with Crippen LogP contribution < -0.4 is 5.32 Å². The third kappa shape index (κ3) is 14.2. The number of benzene rings is 1. The van der Waals surface area contributed by atoms with Crippen molar-refractivity contribution in [3.8, 4) is 0 Å². The number of nitrogens with one attached hydrogen (secondary N) is 1. The van der Waals surface area contributed by atoms with E-state index in [2.05, 4.69) is 12.2 Å². The smallest absolute Gasteiger partial charge is 0.244 e. The van der Waals surface area contributed by atoms with E-state index in [-0.39, 0.29) is 11.7 Å². The van der Waals surface area contributed by atoms with E-state index in [1.807, 2.05) is 30.3 Å². The zero-order valence-corrected chi connectivity index (χ0v) is 20.4. The Hall–Kier alpha value is -1.94. The van der Waals surface area contributed by atoms with Crippen LogP contribution in [-0.4, -0.2) is 28.9 Å². The third-order valence-electron chi connectivity index (χ3n) is 5.88. The molecule has 0 spiro atoms. The summed E-state index contributed by atoms with van der Waals surface area (Å²) in [5.41, 5.74) is 0.912. The first kappa shape index (κ1) is 28.1. The summed E-state index contributed by atoms with van der Waals surface area (Å²) in [4.78, 5) is 24.7. The number of Topliss-reactive ketones (excluding diaryl/α,β-unsaturated/α-hetero) is 1. The molecule has 0 aromatic heterocycles. The molecular formula is C28H45NO3. The van der Waals surface area contributed by atoms with Crippen molar-refractivity contribution in [2.45, 2.75) is 116 Å². The Labute approximate surface area is 195 Å². The van der Waals surface area contributed by atoms with E-state index in [4.69, 9.17) is 0 Å². The molecule has 0 saturated carbocycles. The molecule has 0 bridgehead atoms. The molecule has 0 saturated heterocycles. The number of unbranched alkanes of at least 4 members (excludes halogenated alkanes) is 12. The van der Waals surface area contributed by atoms with Crippen molar-refractivity contribution in [1.82, 2.24) is 5.32 Å². The molecule has 1 rings (SSSR count). The summed E-state index contributed by atoms with van der Waals surface area (Å²) >= 11 is 0. The van der Waals surface area contributed by atoms with Gasteiger partial charge in [0.05, 0.1) is 6.10 Å². The van der Waals surface area contributed by atoms with Crippen LogP contribution in [0.3, 0.4) is 0 Å². The lowest BCUT2D eigenvalue weighted by Crippen LogP contribution is -2.47. The molecule has 180 valence electrons. The number of aliphatic hydroxyl groups is 1. The zero-order valence-electron chi connectivity index (χ0n) is 20.4. The molecule has 1 aromatic carbocycles. The van der Waals surface area contributed by atoms with Gasteiger partial charge >= 0.3 is 0 Å². The Kier molecular flexibility index (Phi) is 16.3. The van der Waals surface area contributed by atoms with Crippen molar-refractivity contribution in [1.29, 1.82) is 0 Å². The topological polar surface area (TPSA) is 66.4 Å². The highest BCUT2D eigenvalue weighted by Crippen LogP contribution is 2.13. The molecule has 1 aromatic rings. The van der Waals surface area contributed by atoms with E-state index >= 15 is 0 Å². The van der Waals surface area contributed by atoms with E-state index in [0.29, 0.717) is 6.42 Å². The largest absolute Gasteiger partial charge is 0.391 e. The standard InChI is InChI=1S/C28H45NO3/c1-3-4-5-6-7-8-9-10-11-12-13-14-18-21-26(31)28(24(2)30)29-27(32)23-22-25-19-16-15-17-20-25/h15-17,19-20,22-24,28,30H,3-14,18,21H2,1-2H3,(H,29,32)/b23-22+/t24-,28+/m1/s1. The predicted molar refractivity (Wildman–Crippen MR) is 134 cm³/mol. The number of carbonyl (C=O) groups excluding carboxylic acids is 2. The summed E-state index contributed by atoms with van der Waals surface area (Å²) in [5, 5.41) is 12.6. The van der Waals surface area contributed by atoms with Gasteiger partial charge in [0.2, 0.25) is 5.91 Å². The van der Waals surface area contributed by atoms with Crippen LogP contribution in [0.5, 0.6) is 0 Å². The van der Waals surface area contributed by atoms with Crippen molar-refractivity contribution in [2.75, 3.05) is 0 Å². The fraction of sp³-hybridized carbons (Fsp3) is 0.643. The molecule has 0 unspecified atom stereocenters.